The Kier molecular flexibility index (Phi) is 5.33. The van der Waals surface area contributed by atoms with Gasteiger partial charge in [-0.1, -0.05) is 39.0 Å². The molecular weight excluding hydrogens is 406 g/mol. The Morgan fingerprint density at radius 1 is 1.26 bits per heavy atom. The Morgan fingerprint density at radius 2 is 2.00 bits per heavy atom. The lowest BCUT2D eigenvalue weighted by atomic mass is 9.53. The van der Waals surface area contributed by atoms with Crippen molar-refractivity contribution in [2.24, 2.45) is 23.2 Å². The van der Waals surface area contributed by atoms with Gasteiger partial charge >= 0.3 is 0 Å². The summed E-state index contributed by atoms with van der Waals surface area (Å²) in [5.41, 5.74) is 2.21. The maximum Gasteiger partial charge on any atom is 0.223 e. The van der Waals surface area contributed by atoms with Crippen molar-refractivity contribution in [2.75, 3.05) is 5.32 Å². The number of aromatic nitrogens is 1. The molecule has 3 aliphatic carbocycles. The fraction of sp³-hybridized carbons (Fsp3) is 0.600. The van der Waals surface area contributed by atoms with Crippen molar-refractivity contribution < 1.29 is 9.90 Å². The van der Waals surface area contributed by atoms with E-state index in [2.05, 4.69) is 24.5 Å². The van der Waals surface area contributed by atoms with Gasteiger partial charge in [0.2, 0.25) is 5.91 Å². The number of para-hydroxylation sites is 1. The van der Waals surface area contributed by atoms with Crippen molar-refractivity contribution in [1.29, 1.82) is 0 Å². The highest BCUT2D eigenvalue weighted by molar-refractivity contribution is 7.15. The summed E-state index contributed by atoms with van der Waals surface area (Å²) in [6.45, 7) is 6.54. The molecule has 31 heavy (non-hydrogen) atoms. The number of amides is 1. The molecule has 2 aromatic rings. The number of aliphatic hydroxyl groups excluding tert-OH is 1. The minimum atomic E-state index is -0.478. The van der Waals surface area contributed by atoms with Crippen molar-refractivity contribution >= 4 is 28.1 Å². The van der Waals surface area contributed by atoms with Gasteiger partial charge < -0.3 is 15.7 Å². The monoisotopic (exact) mass is 439 g/mol. The summed E-state index contributed by atoms with van der Waals surface area (Å²) in [4.78, 5) is 19.0. The van der Waals surface area contributed by atoms with Crippen LogP contribution in [-0.2, 0) is 11.2 Å². The maximum atomic E-state index is 12.7. The molecule has 3 aliphatic rings. The smallest absolute Gasteiger partial charge is 0.223 e. The van der Waals surface area contributed by atoms with Crippen LogP contribution < -0.4 is 10.6 Å². The van der Waals surface area contributed by atoms with E-state index in [-0.39, 0.29) is 35.0 Å². The maximum absolute atomic E-state index is 12.7. The Morgan fingerprint density at radius 3 is 2.71 bits per heavy atom. The van der Waals surface area contributed by atoms with Crippen molar-refractivity contribution in [3.05, 3.63) is 40.9 Å². The minimum absolute atomic E-state index is 0.0152. The van der Waals surface area contributed by atoms with Gasteiger partial charge in [-0.25, -0.2) is 4.98 Å². The van der Waals surface area contributed by atoms with Crippen molar-refractivity contribution in [3.8, 4) is 0 Å². The molecule has 1 unspecified atom stereocenters. The van der Waals surface area contributed by atoms with E-state index in [1.165, 1.54) is 4.88 Å². The number of thiazole rings is 1. The Hall–Kier alpha value is -1.92. The van der Waals surface area contributed by atoms with Crippen LogP contribution in [0.15, 0.2) is 30.3 Å². The number of fused-ring (bicyclic) bond motifs is 2. The highest BCUT2D eigenvalue weighted by Gasteiger charge is 2.54. The second kappa shape index (κ2) is 7.89. The SMILES string of the molecule is C[C@H](C(=O)NC1CC1)C1CC[C@@]2(C)Cc3sc(Nc4ccccc4)nc3[C@@H](C)[C@@H]2[C@H]1O. The number of rotatable bonds is 5. The molecule has 2 saturated carbocycles. The van der Waals surface area contributed by atoms with Crippen LogP contribution in [0.2, 0.25) is 0 Å². The second-order valence-corrected chi connectivity index (χ2v) is 11.3. The summed E-state index contributed by atoms with van der Waals surface area (Å²) in [5, 5.41) is 19.0. The number of aliphatic hydroxyl groups is 1. The summed E-state index contributed by atoms with van der Waals surface area (Å²) < 4.78 is 0. The summed E-state index contributed by atoms with van der Waals surface area (Å²) in [7, 11) is 0. The first-order valence-electron chi connectivity index (χ1n) is 11.7. The summed E-state index contributed by atoms with van der Waals surface area (Å²) in [6.07, 6.45) is 4.62. The lowest BCUT2D eigenvalue weighted by Crippen LogP contribution is -2.53. The summed E-state index contributed by atoms with van der Waals surface area (Å²) >= 11 is 1.75. The van der Waals surface area contributed by atoms with E-state index in [9.17, 15) is 9.90 Å². The molecule has 1 aromatic heterocycles. The normalized spacial score (nSPS) is 33.2. The standard InChI is InChI=1S/C25H33N3O2S/c1-14(23(30)26-17-9-10-17)18-11-12-25(3)13-19-21(15(2)20(25)22(18)29)28-24(31-19)27-16-7-5-4-6-8-16/h4-8,14-15,17-18,20,22,29H,9-13H2,1-3H3,(H,26,30)(H,27,28)/t14-,15-,18?,20+,22-,25-/m0/s1. The fourth-order valence-electron chi connectivity index (χ4n) is 6.00. The molecule has 6 heteroatoms. The van der Waals surface area contributed by atoms with Crippen molar-refractivity contribution in [3.63, 3.8) is 0 Å². The molecule has 0 radical (unpaired) electrons. The third-order valence-corrected chi connectivity index (χ3v) is 8.91. The number of nitrogens with zero attached hydrogens (tertiary/aromatic N) is 1. The van der Waals surface area contributed by atoms with E-state index in [4.69, 9.17) is 4.98 Å². The van der Waals surface area contributed by atoms with E-state index in [1.807, 2.05) is 37.3 Å². The molecule has 0 bridgehead atoms. The van der Waals surface area contributed by atoms with Crippen LogP contribution in [0.5, 0.6) is 0 Å². The van der Waals surface area contributed by atoms with Crippen molar-refractivity contribution in [1.82, 2.24) is 10.3 Å². The van der Waals surface area contributed by atoms with Crippen LogP contribution in [0.4, 0.5) is 10.8 Å². The van der Waals surface area contributed by atoms with Crippen LogP contribution in [0, 0.1) is 23.2 Å². The molecule has 1 heterocycles. The van der Waals surface area contributed by atoms with Gasteiger partial charge in [0, 0.05) is 28.4 Å². The summed E-state index contributed by atoms with van der Waals surface area (Å²) in [5.74, 6) is 0.276. The van der Waals surface area contributed by atoms with Gasteiger partial charge in [-0.3, -0.25) is 4.79 Å². The van der Waals surface area contributed by atoms with Gasteiger partial charge in [-0.15, -0.1) is 11.3 Å². The Bertz CT molecular complexity index is 957. The predicted molar refractivity (Wildman–Crippen MR) is 125 cm³/mol. The number of carbonyl (C=O) groups is 1. The lowest BCUT2D eigenvalue weighted by Gasteiger charge is -2.53. The van der Waals surface area contributed by atoms with Crippen molar-refractivity contribution in [2.45, 2.75) is 70.9 Å². The van der Waals surface area contributed by atoms with E-state index in [0.29, 0.717) is 6.04 Å². The molecular formula is C25H33N3O2S. The molecule has 3 N–H and O–H groups in total. The van der Waals surface area contributed by atoms with E-state index in [0.717, 1.165) is 48.6 Å². The topological polar surface area (TPSA) is 74.2 Å². The molecule has 1 amide bonds. The van der Waals surface area contributed by atoms with Crippen LogP contribution in [-0.4, -0.2) is 28.1 Å². The van der Waals surface area contributed by atoms with E-state index < -0.39 is 6.10 Å². The molecule has 6 atom stereocenters. The Balaban J connectivity index is 1.37. The van der Waals surface area contributed by atoms with E-state index in [1.54, 1.807) is 11.3 Å². The molecule has 0 saturated heterocycles. The molecule has 5 nitrogen and oxygen atoms in total. The zero-order valence-corrected chi connectivity index (χ0v) is 19.4. The molecule has 2 fully saturated rings. The third kappa shape index (κ3) is 3.89. The lowest BCUT2D eigenvalue weighted by molar-refractivity contribution is -0.134. The number of nitrogens with one attached hydrogen (secondary N) is 2. The van der Waals surface area contributed by atoms with Gasteiger partial charge in [0.25, 0.3) is 0 Å². The number of anilines is 2. The number of carbonyl (C=O) groups excluding carboxylic acids is 1. The molecule has 166 valence electrons. The number of hydrogen-bond acceptors (Lipinski definition) is 5. The van der Waals surface area contributed by atoms with Crippen LogP contribution in [0.25, 0.3) is 0 Å². The number of benzene rings is 1. The van der Waals surface area contributed by atoms with Gasteiger partial charge in [0.15, 0.2) is 5.13 Å². The first-order chi connectivity index (χ1) is 14.9. The fourth-order valence-corrected chi connectivity index (χ4v) is 7.28. The predicted octanol–water partition coefficient (Wildman–Crippen LogP) is 4.85. The quantitative estimate of drug-likeness (QED) is 0.622. The molecule has 5 rings (SSSR count). The zero-order valence-electron chi connectivity index (χ0n) is 18.6. The summed E-state index contributed by atoms with van der Waals surface area (Å²) in [6, 6.07) is 10.5. The molecule has 1 aromatic carbocycles. The highest BCUT2D eigenvalue weighted by Crippen LogP contribution is 2.57. The van der Waals surface area contributed by atoms with Gasteiger partial charge in [0.05, 0.1) is 11.8 Å². The number of hydrogen-bond donors (Lipinski definition) is 3. The average molecular weight is 440 g/mol. The largest absolute Gasteiger partial charge is 0.392 e. The average Bonchev–Trinajstić information content (AvgIpc) is 3.46. The van der Waals surface area contributed by atoms with Crippen LogP contribution in [0.3, 0.4) is 0 Å². The van der Waals surface area contributed by atoms with Gasteiger partial charge in [-0.05, 0) is 61.5 Å². The second-order valence-electron chi connectivity index (χ2n) is 10.2. The molecule has 0 aliphatic heterocycles. The Labute approximate surface area is 188 Å². The van der Waals surface area contributed by atoms with Gasteiger partial charge in [0.1, 0.15) is 0 Å². The highest BCUT2D eigenvalue weighted by atomic mass is 32.1. The third-order valence-electron chi connectivity index (χ3n) is 7.93. The van der Waals surface area contributed by atoms with Crippen LogP contribution >= 0.6 is 11.3 Å². The first-order valence-corrected chi connectivity index (χ1v) is 12.5. The van der Waals surface area contributed by atoms with E-state index >= 15 is 0 Å². The molecule has 0 spiro atoms. The van der Waals surface area contributed by atoms with Crippen LogP contribution in [0.1, 0.15) is 62.9 Å². The van der Waals surface area contributed by atoms with Gasteiger partial charge in [-0.2, -0.15) is 0 Å². The minimum Gasteiger partial charge on any atom is -0.392 e. The first kappa shape index (κ1) is 21.0. The zero-order chi connectivity index (χ0) is 21.8.